The van der Waals surface area contributed by atoms with Gasteiger partial charge in [-0.25, -0.2) is 4.99 Å². The number of aryl methyl sites for hydroxylation is 1. The Morgan fingerprint density at radius 1 is 1.22 bits per heavy atom. The predicted octanol–water partition coefficient (Wildman–Crippen LogP) is 1.94. The molecule has 27 heavy (non-hydrogen) atoms. The highest BCUT2D eigenvalue weighted by Gasteiger charge is 2.41. The maximum absolute atomic E-state index is 12.9. The Labute approximate surface area is 158 Å². The highest BCUT2D eigenvalue weighted by Crippen LogP contribution is 2.25. The van der Waals surface area contributed by atoms with Crippen LogP contribution in [0.15, 0.2) is 4.99 Å². The average molecular weight is 389 g/mol. The van der Waals surface area contributed by atoms with Gasteiger partial charge in [0, 0.05) is 39.8 Å². The van der Waals surface area contributed by atoms with Crippen LogP contribution in [0, 0.1) is 6.92 Å². The molecule has 154 valence electrons. The maximum Gasteiger partial charge on any atom is 0.403 e. The molecule has 1 aliphatic rings. The van der Waals surface area contributed by atoms with E-state index in [9.17, 15) is 13.2 Å². The van der Waals surface area contributed by atoms with Crippen LogP contribution in [0.2, 0.25) is 0 Å². The summed E-state index contributed by atoms with van der Waals surface area (Å²) in [5.74, 6) is 2.30. The fourth-order valence-electron chi connectivity index (χ4n) is 2.91. The molecule has 0 amide bonds. The lowest BCUT2D eigenvalue weighted by molar-refractivity contribution is -0.181. The third-order valence-corrected chi connectivity index (χ3v) is 5.00. The first-order chi connectivity index (χ1) is 12.7. The van der Waals surface area contributed by atoms with Crippen molar-refractivity contribution < 1.29 is 13.2 Å². The van der Waals surface area contributed by atoms with Crippen LogP contribution in [-0.4, -0.2) is 75.5 Å². The van der Waals surface area contributed by atoms with Crippen molar-refractivity contribution in [3.8, 4) is 0 Å². The number of piperazine rings is 1. The van der Waals surface area contributed by atoms with Crippen LogP contribution in [0.1, 0.15) is 38.3 Å². The van der Waals surface area contributed by atoms with Gasteiger partial charge in [-0.2, -0.15) is 13.2 Å². The molecule has 1 saturated heterocycles. The second-order valence-corrected chi connectivity index (χ2v) is 6.88. The van der Waals surface area contributed by atoms with Gasteiger partial charge in [-0.15, -0.1) is 10.2 Å². The number of aromatic nitrogens is 3. The number of alkyl halides is 3. The van der Waals surface area contributed by atoms with Gasteiger partial charge in [-0.3, -0.25) is 4.90 Å². The minimum Gasteiger partial charge on any atom is -0.356 e. The lowest BCUT2D eigenvalue weighted by Crippen LogP contribution is -2.56. The van der Waals surface area contributed by atoms with E-state index in [2.05, 4.69) is 27.4 Å². The van der Waals surface area contributed by atoms with E-state index < -0.39 is 12.2 Å². The maximum atomic E-state index is 12.9. The van der Waals surface area contributed by atoms with Crippen LogP contribution in [0.25, 0.3) is 0 Å². The molecule has 1 atom stereocenters. The van der Waals surface area contributed by atoms with E-state index in [0.29, 0.717) is 32.7 Å². The van der Waals surface area contributed by atoms with E-state index >= 15 is 0 Å². The Morgan fingerprint density at radius 2 is 1.89 bits per heavy atom. The van der Waals surface area contributed by atoms with Crippen molar-refractivity contribution in [2.75, 3.05) is 32.7 Å². The molecule has 1 aromatic rings. The van der Waals surface area contributed by atoms with Crippen molar-refractivity contribution in [2.24, 2.45) is 12.0 Å². The van der Waals surface area contributed by atoms with Crippen molar-refractivity contribution in [1.82, 2.24) is 29.9 Å². The normalized spacial score (nSPS) is 18.0. The number of unbranched alkanes of at least 4 members (excludes halogenated alkanes) is 1. The van der Waals surface area contributed by atoms with E-state index in [0.717, 1.165) is 37.0 Å². The van der Waals surface area contributed by atoms with Gasteiger partial charge in [-0.05, 0) is 20.3 Å². The number of nitrogens with one attached hydrogen (secondary N) is 1. The zero-order valence-corrected chi connectivity index (χ0v) is 16.6. The number of halogens is 3. The molecule has 0 aliphatic carbocycles. The van der Waals surface area contributed by atoms with Gasteiger partial charge in [0.1, 0.15) is 18.4 Å². The third-order valence-electron chi connectivity index (χ3n) is 5.00. The van der Waals surface area contributed by atoms with Crippen LogP contribution >= 0.6 is 0 Å². The topological polar surface area (TPSA) is 61.6 Å². The summed E-state index contributed by atoms with van der Waals surface area (Å²) >= 11 is 0. The average Bonchev–Trinajstić information content (AvgIpc) is 2.95. The van der Waals surface area contributed by atoms with Gasteiger partial charge in [0.2, 0.25) is 0 Å². The second-order valence-electron chi connectivity index (χ2n) is 6.88. The smallest absolute Gasteiger partial charge is 0.356 e. The highest BCUT2D eigenvalue weighted by molar-refractivity contribution is 5.80. The molecule has 0 spiro atoms. The van der Waals surface area contributed by atoms with E-state index in [4.69, 9.17) is 0 Å². The van der Waals surface area contributed by atoms with E-state index in [1.54, 1.807) is 0 Å². The van der Waals surface area contributed by atoms with Crippen LogP contribution in [-0.2, 0) is 13.6 Å². The van der Waals surface area contributed by atoms with Gasteiger partial charge < -0.3 is 14.8 Å². The predicted molar refractivity (Wildman–Crippen MR) is 98.5 cm³/mol. The molecule has 10 heteroatoms. The van der Waals surface area contributed by atoms with Crippen molar-refractivity contribution in [3.63, 3.8) is 0 Å². The summed E-state index contributed by atoms with van der Waals surface area (Å²) in [4.78, 5) is 8.15. The Morgan fingerprint density at radius 3 is 2.41 bits per heavy atom. The van der Waals surface area contributed by atoms with E-state index in [-0.39, 0.29) is 0 Å². The Kier molecular flexibility index (Phi) is 7.46. The molecule has 0 aromatic carbocycles. The van der Waals surface area contributed by atoms with Crippen molar-refractivity contribution in [3.05, 3.63) is 11.6 Å². The Balaban J connectivity index is 2.02. The largest absolute Gasteiger partial charge is 0.403 e. The molecule has 7 nitrogen and oxygen atoms in total. The molecule has 2 rings (SSSR count). The molecule has 1 aliphatic heterocycles. The van der Waals surface area contributed by atoms with Crippen LogP contribution in [0.4, 0.5) is 13.2 Å². The summed E-state index contributed by atoms with van der Waals surface area (Å²) < 4.78 is 40.7. The van der Waals surface area contributed by atoms with E-state index in [1.807, 2.05) is 23.4 Å². The van der Waals surface area contributed by atoms with Crippen LogP contribution in [0.3, 0.4) is 0 Å². The number of aliphatic imine (C=N–C) groups is 1. The fraction of sp³-hybridized carbons (Fsp3) is 0.824. The minimum absolute atomic E-state index is 0.359. The lowest BCUT2D eigenvalue weighted by atomic mass is 10.2. The number of rotatable bonds is 6. The second kappa shape index (κ2) is 9.38. The van der Waals surface area contributed by atoms with E-state index in [1.165, 1.54) is 11.8 Å². The van der Waals surface area contributed by atoms with Gasteiger partial charge in [0.05, 0.1) is 0 Å². The SMILES string of the molecule is CCCCNC(=NCc1nnc(C)n1C)N1CCN(C(C)C(F)(F)F)CC1. The fourth-order valence-corrected chi connectivity index (χ4v) is 2.91. The molecule has 1 fully saturated rings. The van der Waals surface area contributed by atoms with Crippen molar-refractivity contribution in [2.45, 2.75) is 52.4 Å². The minimum atomic E-state index is -4.19. The number of guanidine groups is 1. The number of hydrogen-bond acceptors (Lipinski definition) is 4. The molecule has 2 heterocycles. The molecule has 0 bridgehead atoms. The summed E-state index contributed by atoms with van der Waals surface area (Å²) in [5, 5.41) is 11.5. The lowest BCUT2D eigenvalue weighted by Gasteiger charge is -2.39. The zero-order chi connectivity index (χ0) is 20.0. The first kappa shape index (κ1) is 21.5. The quantitative estimate of drug-likeness (QED) is 0.458. The van der Waals surface area contributed by atoms with Gasteiger partial charge in [0.25, 0.3) is 0 Å². The molecule has 1 aromatic heterocycles. The number of nitrogens with zero attached hydrogens (tertiary/aromatic N) is 6. The molecule has 1 unspecified atom stereocenters. The summed E-state index contributed by atoms with van der Waals surface area (Å²) in [5.41, 5.74) is 0. The molecular formula is C17H30F3N7. The summed E-state index contributed by atoms with van der Waals surface area (Å²) in [7, 11) is 1.89. The molecule has 1 N–H and O–H groups in total. The first-order valence-corrected chi connectivity index (χ1v) is 9.43. The molecule has 0 radical (unpaired) electrons. The zero-order valence-electron chi connectivity index (χ0n) is 16.6. The first-order valence-electron chi connectivity index (χ1n) is 9.43. The number of hydrogen-bond donors (Lipinski definition) is 1. The Hall–Kier alpha value is -1.84. The van der Waals surface area contributed by atoms with Crippen molar-refractivity contribution in [1.29, 1.82) is 0 Å². The standard InChI is InChI=1S/C17H30F3N7/c1-5-6-7-21-16(22-12-15-24-23-14(3)25(15)4)27-10-8-26(9-11-27)13(2)17(18,19)20/h13H,5-12H2,1-4H3,(H,21,22). The van der Waals surface area contributed by atoms with Crippen LogP contribution in [0.5, 0.6) is 0 Å². The monoisotopic (exact) mass is 389 g/mol. The molecular weight excluding hydrogens is 359 g/mol. The van der Waals surface area contributed by atoms with Gasteiger partial charge in [0.15, 0.2) is 11.8 Å². The summed E-state index contributed by atoms with van der Waals surface area (Å²) in [6.45, 7) is 8.11. The Bertz CT molecular complexity index is 619. The van der Waals surface area contributed by atoms with Gasteiger partial charge >= 0.3 is 6.18 Å². The van der Waals surface area contributed by atoms with Crippen LogP contribution < -0.4 is 5.32 Å². The van der Waals surface area contributed by atoms with Gasteiger partial charge in [-0.1, -0.05) is 13.3 Å². The summed E-state index contributed by atoms with van der Waals surface area (Å²) in [6, 6.07) is -1.42. The van der Waals surface area contributed by atoms with Crippen molar-refractivity contribution >= 4 is 5.96 Å². The molecule has 0 saturated carbocycles. The highest BCUT2D eigenvalue weighted by atomic mass is 19.4. The third kappa shape index (κ3) is 5.82. The summed E-state index contributed by atoms with van der Waals surface area (Å²) in [6.07, 6.45) is -2.13.